The summed E-state index contributed by atoms with van der Waals surface area (Å²) in [7, 11) is 0. The average Bonchev–Trinajstić information content (AvgIpc) is 2.84. The Morgan fingerprint density at radius 2 is 1.74 bits per heavy atom. The summed E-state index contributed by atoms with van der Waals surface area (Å²) in [6.07, 6.45) is 8.21. The lowest BCUT2D eigenvalue weighted by Crippen LogP contribution is -2.51. The van der Waals surface area contributed by atoms with Crippen LogP contribution in [0.25, 0.3) is 0 Å². The molecule has 7 heteroatoms. The molecule has 0 spiro atoms. The van der Waals surface area contributed by atoms with Gasteiger partial charge in [-0.3, -0.25) is 19.6 Å². The number of hydrogen-bond acceptors (Lipinski definition) is 6. The molecule has 0 unspecified atom stereocenters. The molecule has 4 heterocycles. The molecule has 168 valence electrons. The summed E-state index contributed by atoms with van der Waals surface area (Å²) in [5.41, 5.74) is 0.389. The van der Waals surface area contributed by atoms with Gasteiger partial charge in [0.15, 0.2) is 0 Å². The molecule has 0 radical (unpaired) electrons. The molecule has 1 amide bonds. The molecular weight excluding hydrogens is 390 g/mol. The van der Waals surface area contributed by atoms with E-state index in [0.29, 0.717) is 18.8 Å². The summed E-state index contributed by atoms with van der Waals surface area (Å²) in [4.78, 5) is 24.2. The number of pyridine rings is 1. The molecule has 3 saturated heterocycles. The van der Waals surface area contributed by atoms with Crippen molar-refractivity contribution in [3.8, 4) is 6.07 Å². The number of carbonyl (C=O) groups is 1. The van der Waals surface area contributed by atoms with Gasteiger partial charge in [0.2, 0.25) is 5.91 Å². The maximum Gasteiger partial charge on any atom is 0.243 e. The fraction of sp³-hybridized carbons (Fsp3) is 0.708. The highest BCUT2D eigenvalue weighted by molar-refractivity contribution is 5.85. The Morgan fingerprint density at radius 1 is 1.06 bits per heavy atom. The number of amides is 1. The highest BCUT2D eigenvalue weighted by atomic mass is 16.5. The first-order valence-corrected chi connectivity index (χ1v) is 11.8. The number of hydrogen-bond donors (Lipinski definition) is 0. The summed E-state index contributed by atoms with van der Waals surface area (Å²) < 4.78 is 5.43. The van der Waals surface area contributed by atoms with Gasteiger partial charge < -0.3 is 9.64 Å². The van der Waals surface area contributed by atoms with E-state index >= 15 is 0 Å². The predicted octanol–water partition coefficient (Wildman–Crippen LogP) is 2.15. The first-order valence-electron chi connectivity index (χ1n) is 11.8. The minimum atomic E-state index is -0.838. The van der Waals surface area contributed by atoms with Crippen molar-refractivity contribution in [1.82, 2.24) is 19.7 Å². The van der Waals surface area contributed by atoms with Crippen LogP contribution in [0.5, 0.6) is 0 Å². The molecule has 0 aromatic carbocycles. The Bertz CT molecular complexity index is 743. The van der Waals surface area contributed by atoms with Gasteiger partial charge in [0, 0.05) is 58.2 Å². The van der Waals surface area contributed by atoms with E-state index in [0.717, 1.165) is 78.4 Å². The standard InChI is InChI=1S/C24H35N5O2/c25-20-24(6-13-28(14-7-24)19-22-1-8-26-9-2-22)23(30)29-11-4-21(5-12-29)3-10-27-15-17-31-18-16-27/h1-2,8-9,21H,3-7,10-19H2. The first-order chi connectivity index (χ1) is 15.2. The molecule has 1 aromatic heterocycles. The fourth-order valence-corrected chi connectivity index (χ4v) is 5.13. The molecule has 0 saturated carbocycles. The van der Waals surface area contributed by atoms with Crippen molar-refractivity contribution < 1.29 is 9.53 Å². The summed E-state index contributed by atoms with van der Waals surface area (Å²) in [5.74, 6) is 0.761. The molecule has 0 aliphatic carbocycles. The van der Waals surface area contributed by atoms with Gasteiger partial charge in [-0.15, -0.1) is 0 Å². The Morgan fingerprint density at radius 3 is 2.39 bits per heavy atom. The number of likely N-dealkylation sites (tertiary alicyclic amines) is 2. The van der Waals surface area contributed by atoms with E-state index < -0.39 is 5.41 Å². The van der Waals surface area contributed by atoms with Crippen LogP contribution in [0.4, 0.5) is 0 Å². The third kappa shape index (κ3) is 5.62. The van der Waals surface area contributed by atoms with E-state index in [4.69, 9.17) is 4.74 Å². The summed E-state index contributed by atoms with van der Waals surface area (Å²) in [6.45, 7) is 8.96. The van der Waals surface area contributed by atoms with Crippen molar-refractivity contribution in [2.45, 2.75) is 38.6 Å². The molecule has 7 nitrogen and oxygen atoms in total. The number of piperidine rings is 2. The number of nitrogens with zero attached hydrogens (tertiary/aromatic N) is 5. The second-order valence-corrected chi connectivity index (χ2v) is 9.30. The number of nitriles is 1. The highest BCUT2D eigenvalue weighted by Gasteiger charge is 2.44. The zero-order valence-electron chi connectivity index (χ0n) is 18.5. The van der Waals surface area contributed by atoms with Crippen LogP contribution in [-0.2, 0) is 16.1 Å². The molecule has 0 N–H and O–H groups in total. The lowest BCUT2D eigenvalue weighted by Gasteiger charge is -2.41. The van der Waals surface area contributed by atoms with Gasteiger partial charge in [0.05, 0.1) is 19.3 Å². The van der Waals surface area contributed by atoms with E-state index in [1.807, 2.05) is 29.4 Å². The molecule has 0 atom stereocenters. The minimum absolute atomic E-state index is 0.0743. The monoisotopic (exact) mass is 425 g/mol. The van der Waals surface area contributed by atoms with Crippen LogP contribution in [0.2, 0.25) is 0 Å². The lowest BCUT2D eigenvalue weighted by molar-refractivity contribution is -0.143. The van der Waals surface area contributed by atoms with Crippen LogP contribution in [0.15, 0.2) is 24.5 Å². The molecule has 3 aliphatic heterocycles. The SMILES string of the molecule is N#CC1(C(=O)N2CCC(CCN3CCOCC3)CC2)CCN(Cc2ccncc2)CC1. The topological polar surface area (TPSA) is 72.7 Å². The number of carbonyl (C=O) groups excluding carboxylic acids is 1. The Labute approximate surface area is 186 Å². The molecule has 31 heavy (non-hydrogen) atoms. The van der Waals surface area contributed by atoms with Crippen molar-refractivity contribution in [3.05, 3.63) is 30.1 Å². The predicted molar refractivity (Wildman–Crippen MR) is 118 cm³/mol. The van der Waals surface area contributed by atoms with Crippen molar-refractivity contribution in [1.29, 1.82) is 5.26 Å². The third-order valence-corrected chi connectivity index (χ3v) is 7.35. The van der Waals surface area contributed by atoms with E-state index in [2.05, 4.69) is 20.9 Å². The van der Waals surface area contributed by atoms with Crippen LogP contribution in [-0.4, -0.2) is 84.6 Å². The van der Waals surface area contributed by atoms with E-state index in [1.165, 1.54) is 12.0 Å². The quantitative estimate of drug-likeness (QED) is 0.695. The lowest BCUT2D eigenvalue weighted by atomic mass is 9.77. The first kappa shape index (κ1) is 22.2. The molecular formula is C24H35N5O2. The molecule has 4 rings (SSSR count). The minimum Gasteiger partial charge on any atom is -0.379 e. The summed E-state index contributed by atoms with van der Waals surface area (Å²) >= 11 is 0. The van der Waals surface area contributed by atoms with Crippen molar-refractivity contribution in [2.75, 3.05) is 59.0 Å². The van der Waals surface area contributed by atoms with Gasteiger partial charge in [-0.05, 0) is 62.3 Å². The molecule has 3 aliphatic rings. The maximum atomic E-state index is 13.3. The van der Waals surface area contributed by atoms with Gasteiger partial charge in [-0.1, -0.05) is 0 Å². The maximum absolute atomic E-state index is 13.3. The van der Waals surface area contributed by atoms with Crippen molar-refractivity contribution in [2.24, 2.45) is 11.3 Å². The van der Waals surface area contributed by atoms with Gasteiger partial charge >= 0.3 is 0 Å². The van der Waals surface area contributed by atoms with Crippen molar-refractivity contribution in [3.63, 3.8) is 0 Å². The number of aromatic nitrogens is 1. The summed E-state index contributed by atoms with van der Waals surface area (Å²) in [6, 6.07) is 6.49. The van der Waals surface area contributed by atoms with Crippen LogP contribution in [0.1, 0.15) is 37.7 Å². The van der Waals surface area contributed by atoms with Crippen LogP contribution in [0, 0.1) is 22.7 Å². The van der Waals surface area contributed by atoms with E-state index in [9.17, 15) is 10.1 Å². The van der Waals surface area contributed by atoms with E-state index in [-0.39, 0.29) is 5.91 Å². The number of rotatable bonds is 6. The normalized spacial score (nSPS) is 23.4. The Kier molecular flexibility index (Phi) is 7.54. The smallest absolute Gasteiger partial charge is 0.243 e. The number of morpholine rings is 1. The summed E-state index contributed by atoms with van der Waals surface area (Å²) in [5, 5.41) is 9.96. The van der Waals surface area contributed by atoms with Gasteiger partial charge in [-0.25, -0.2) is 0 Å². The van der Waals surface area contributed by atoms with E-state index in [1.54, 1.807) is 0 Å². The van der Waals surface area contributed by atoms with Gasteiger partial charge in [0.25, 0.3) is 0 Å². The van der Waals surface area contributed by atoms with Gasteiger partial charge in [-0.2, -0.15) is 5.26 Å². The zero-order valence-corrected chi connectivity index (χ0v) is 18.5. The third-order valence-electron chi connectivity index (χ3n) is 7.35. The van der Waals surface area contributed by atoms with Crippen LogP contribution >= 0.6 is 0 Å². The Balaban J connectivity index is 1.23. The number of ether oxygens (including phenoxy) is 1. The van der Waals surface area contributed by atoms with Crippen LogP contribution < -0.4 is 0 Å². The molecule has 1 aromatic rings. The second kappa shape index (κ2) is 10.5. The Hall–Kier alpha value is -2.01. The highest BCUT2D eigenvalue weighted by Crippen LogP contribution is 2.35. The average molecular weight is 426 g/mol. The second-order valence-electron chi connectivity index (χ2n) is 9.30. The zero-order chi connectivity index (χ0) is 21.5. The largest absolute Gasteiger partial charge is 0.379 e. The van der Waals surface area contributed by atoms with Crippen LogP contribution in [0.3, 0.4) is 0 Å². The molecule has 3 fully saturated rings. The fourth-order valence-electron chi connectivity index (χ4n) is 5.13. The van der Waals surface area contributed by atoms with Gasteiger partial charge in [0.1, 0.15) is 5.41 Å². The van der Waals surface area contributed by atoms with Crippen molar-refractivity contribution >= 4 is 5.91 Å². The molecule has 0 bridgehead atoms.